The number of fused-ring (bicyclic) bond motifs is 12. The van der Waals surface area contributed by atoms with E-state index in [1.807, 2.05) is 0 Å². The summed E-state index contributed by atoms with van der Waals surface area (Å²) < 4.78 is 9.77. The largest absolute Gasteiger partial charge is 0.143 e. The summed E-state index contributed by atoms with van der Waals surface area (Å²) in [5.41, 5.74) is 9.02. The molecule has 0 nitrogen and oxygen atoms in total. The van der Waals surface area contributed by atoms with E-state index in [0.29, 0.717) is 0 Å². The van der Waals surface area contributed by atoms with Crippen LogP contribution in [0.4, 0.5) is 0 Å². The molecule has 0 unspecified atom stereocenters. The summed E-state index contributed by atoms with van der Waals surface area (Å²) in [4.78, 5) is 9.18. The fourth-order valence-electron chi connectivity index (χ4n) is 6.78. The highest BCUT2D eigenvalue weighted by Gasteiger charge is 2.37. The highest BCUT2D eigenvalue weighted by molar-refractivity contribution is 7.37. The van der Waals surface area contributed by atoms with Crippen LogP contribution in [0, 0.1) is 0 Å². The van der Waals surface area contributed by atoms with Crippen molar-refractivity contribution in [2.75, 3.05) is 0 Å². The van der Waals surface area contributed by atoms with Crippen LogP contribution in [0.1, 0.15) is 0 Å². The first-order valence-corrected chi connectivity index (χ1v) is 45.3. The van der Waals surface area contributed by atoms with Crippen LogP contribution in [-0.2, 0) is 0 Å². The number of hydrogen-bond acceptors (Lipinski definition) is 6. The maximum atomic E-state index is 2.68. The summed E-state index contributed by atoms with van der Waals surface area (Å²) in [5, 5.41) is 0. The van der Waals surface area contributed by atoms with Gasteiger partial charge in [0.15, 0.2) is 0 Å². The number of rotatable bonds is 6. The molecule has 1 aliphatic carbocycles. The van der Waals surface area contributed by atoms with Crippen LogP contribution < -0.4 is 27.0 Å². The molecule has 0 N–H and O–H groups in total. The van der Waals surface area contributed by atoms with Crippen LogP contribution in [0.25, 0.3) is 62.6 Å². The van der Waals surface area contributed by atoms with E-state index >= 15 is 0 Å². The fourth-order valence-corrected chi connectivity index (χ4v) is 25.4. The third-order valence-corrected chi connectivity index (χ3v) is 39.1. The lowest BCUT2D eigenvalue weighted by atomic mass is 9.97. The fraction of sp³-hybridized carbons (Fsp3) is 0.429. The van der Waals surface area contributed by atoms with Crippen LogP contribution >= 0.6 is 68.0 Å². The van der Waals surface area contributed by atoms with E-state index in [-0.39, 0.29) is 0 Å². The minimum atomic E-state index is -1.61. The summed E-state index contributed by atoms with van der Waals surface area (Å²) in [6.45, 7) is 45.9. The van der Waals surface area contributed by atoms with Crippen molar-refractivity contribution in [2.45, 2.75) is 118 Å². The Balaban J connectivity index is 1.75. The molecular formula is C42H60S6Si6. The third kappa shape index (κ3) is 7.60. The van der Waals surface area contributed by atoms with E-state index in [9.17, 15) is 0 Å². The highest BCUT2D eigenvalue weighted by atomic mass is 32.1. The second-order valence-electron chi connectivity index (χ2n) is 21.6. The molecule has 0 amide bonds. The van der Waals surface area contributed by atoms with E-state index in [1.165, 1.54) is 62.6 Å². The summed E-state index contributed by atoms with van der Waals surface area (Å²) in [7, 11) is -9.68. The van der Waals surface area contributed by atoms with Gasteiger partial charge in [-0.05, 0) is 63.4 Å². The van der Waals surface area contributed by atoms with Crippen molar-refractivity contribution in [2.24, 2.45) is 0 Å². The molecule has 6 aromatic rings. The molecule has 0 aromatic carbocycles. The van der Waals surface area contributed by atoms with Gasteiger partial charge in [-0.25, -0.2) is 0 Å². The Morgan fingerprint density at radius 2 is 0.333 bits per heavy atom. The Morgan fingerprint density at radius 1 is 0.222 bits per heavy atom. The average molecular weight is 926 g/mol. The molecule has 0 aliphatic heterocycles. The second kappa shape index (κ2) is 13.5. The van der Waals surface area contributed by atoms with Crippen molar-refractivity contribution in [3.63, 3.8) is 0 Å². The van der Waals surface area contributed by atoms with Crippen LogP contribution in [-0.4, -0.2) is 48.4 Å². The molecule has 0 radical (unpaired) electrons. The van der Waals surface area contributed by atoms with E-state index in [0.717, 1.165) is 0 Å². The number of thiophene rings is 6. The van der Waals surface area contributed by atoms with E-state index in [4.69, 9.17) is 0 Å². The molecule has 0 atom stereocenters. The molecule has 1 aliphatic rings. The molecule has 7 rings (SSSR count). The first-order valence-electron chi connectivity index (χ1n) is 19.4. The second-order valence-corrected chi connectivity index (χ2v) is 60.3. The van der Waals surface area contributed by atoms with Crippen molar-refractivity contribution in [3.05, 3.63) is 36.4 Å². The molecule has 12 heteroatoms. The Morgan fingerprint density at radius 3 is 0.426 bits per heavy atom. The van der Waals surface area contributed by atoms with Gasteiger partial charge in [-0.2, -0.15) is 0 Å². The number of hydrogen-bond donors (Lipinski definition) is 0. The lowest BCUT2D eigenvalue weighted by Gasteiger charge is -2.12. The molecule has 54 heavy (non-hydrogen) atoms. The molecule has 0 spiro atoms. The van der Waals surface area contributed by atoms with Gasteiger partial charge in [0.25, 0.3) is 0 Å². The van der Waals surface area contributed by atoms with Gasteiger partial charge in [0.05, 0.1) is 77.7 Å². The first kappa shape index (κ1) is 41.7. The van der Waals surface area contributed by atoms with Crippen molar-refractivity contribution in [3.8, 4) is 62.6 Å². The maximum absolute atomic E-state index is 2.68. The SMILES string of the molecule is C[Si](C)(C)c1cc2c(s1)-c1sc([Si](C)(C)C)cc1-c1cc([Si](C)(C)C)sc1-c1sc([Si](C)(C)C)cc1-c1cc([Si](C)(C)C)sc1-c1sc([Si](C)(C)C)cc1-2. The lowest BCUT2D eigenvalue weighted by molar-refractivity contribution is 1.72. The van der Waals surface area contributed by atoms with Crippen molar-refractivity contribution in [1.82, 2.24) is 0 Å². The third-order valence-electron chi connectivity index (χ3n) is 10.3. The molecular weight excluding hydrogens is 865 g/mol. The summed E-state index contributed by atoms with van der Waals surface area (Å²) in [6, 6.07) is 16.1. The summed E-state index contributed by atoms with van der Waals surface area (Å²) in [6.07, 6.45) is 0. The molecule has 0 fully saturated rings. The van der Waals surface area contributed by atoms with Crippen LogP contribution in [0.3, 0.4) is 0 Å². The van der Waals surface area contributed by atoms with Crippen LogP contribution in [0.5, 0.6) is 0 Å². The highest BCUT2D eigenvalue weighted by Crippen LogP contribution is 2.55. The zero-order chi connectivity index (χ0) is 39.9. The zero-order valence-corrected chi connectivity index (χ0v) is 46.8. The minimum Gasteiger partial charge on any atom is -0.143 e. The Bertz CT molecular complexity index is 1800. The van der Waals surface area contributed by atoms with E-state index < -0.39 is 48.4 Å². The monoisotopic (exact) mass is 924 g/mol. The minimum absolute atomic E-state index is 1.50. The Hall–Kier alpha value is -0.499. The predicted octanol–water partition coefficient (Wildman–Crippen LogP) is 13.6. The van der Waals surface area contributed by atoms with Crippen molar-refractivity contribution in [1.29, 1.82) is 0 Å². The van der Waals surface area contributed by atoms with Gasteiger partial charge >= 0.3 is 0 Å². The molecule has 6 heterocycles. The standard InChI is InChI=1S/C42H60S6Si6/c1-49(2,3)31-19-25-26-20-32(50(4,5)6)45-39(26)40-29(23-35(46-40)53(13,14)15)30-24-36(54(16,17)18)48-42(30)41-28(22-34(47-41)52(10,11)12)27-21-33(51(7,8)9)44-38(27)37(25)43-31/h19-24H,1-18H3. The topological polar surface area (TPSA) is 0 Å². The van der Waals surface area contributed by atoms with Gasteiger partial charge in [0.1, 0.15) is 0 Å². The van der Waals surface area contributed by atoms with Gasteiger partial charge in [0, 0.05) is 33.4 Å². The van der Waals surface area contributed by atoms with Gasteiger partial charge in [0.2, 0.25) is 0 Å². The average Bonchev–Trinajstić information content (AvgIpc) is 3.82. The van der Waals surface area contributed by atoms with E-state index in [2.05, 4.69) is 222 Å². The van der Waals surface area contributed by atoms with E-state index in [1.54, 1.807) is 27.0 Å². The summed E-state index contributed by atoms with van der Waals surface area (Å²) >= 11 is 12.9. The Kier molecular flexibility index (Phi) is 10.4. The van der Waals surface area contributed by atoms with Crippen LogP contribution in [0.2, 0.25) is 118 Å². The molecule has 6 aromatic heterocycles. The van der Waals surface area contributed by atoms with Gasteiger partial charge < -0.3 is 0 Å². The van der Waals surface area contributed by atoms with Crippen LogP contribution in [0.15, 0.2) is 36.4 Å². The smallest absolute Gasteiger partial charge is 0.0904 e. The molecule has 0 saturated heterocycles. The normalized spacial score (nSPS) is 14.1. The lowest BCUT2D eigenvalue weighted by Crippen LogP contribution is -2.35. The molecule has 288 valence electrons. The molecule has 0 saturated carbocycles. The maximum Gasteiger partial charge on any atom is 0.0904 e. The van der Waals surface area contributed by atoms with Gasteiger partial charge in [-0.3, -0.25) is 0 Å². The predicted molar refractivity (Wildman–Crippen MR) is 278 cm³/mol. The zero-order valence-electron chi connectivity index (χ0n) is 35.9. The molecule has 0 bridgehead atoms. The van der Waals surface area contributed by atoms with Crippen molar-refractivity contribution >= 4 is 143 Å². The Labute approximate surface area is 356 Å². The van der Waals surface area contributed by atoms with Crippen molar-refractivity contribution < 1.29 is 0 Å². The van der Waals surface area contributed by atoms with Gasteiger partial charge in [-0.15, -0.1) is 68.0 Å². The quantitative estimate of drug-likeness (QED) is 0.146. The first-order chi connectivity index (χ1) is 24.5. The summed E-state index contributed by atoms with van der Waals surface area (Å²) in [5.74, 6) is 0. The van der Waals surface area contributed by atoms with Gasteiger partial charge in [-0.1, -0.05) is 118 Å².